The van der Waals surface area contributed by atoms with Gasteiger partial charge in [0.25, 0.3) is 14.4 Å². The average Bonchev–Trinajstić information content (AvgIpc) is 3.97. The summed E-state index contributed by atoms with van der Waals surface area (Å²) in [6.07, 6.45) is 4.48. The highest BCUT2D eigenvalue weighted by Crippen LogP contribution is 2.59. The van der Waals surface area contributed by atoms with E-state index in [0.717, 1.165) is 31.9 Å². The van der Waals surface area contributed by atoms with Gasteiger partial charge in [-0.1, -0.05) is 103 Å². The van der Waals surface area contributed by atoms with Crippen LogP contribution < -0.4 is 15.7 Å². The fourth-order valence-corrected chi connectivity index (χ4v) is 13.9. The Balaban J connectivity index is 1.04. The van der Waals surface area contributed by atoms with E-state index in [0.29, 0.717) is 28.6 Å². The highest BCUT2D eigenvalue weighted by atomic mass is 31.2. The molecular formula is C38H43N6O5PSi. The lowest BCUT2D eigenvalue weighted by Gasteiger charge is -2.32. The van der Waals surface area contributed by atoms with Gasteiger partial charge in [0, 0.05) is 25.3 Å². The highest BCUT2D eigenvalue weighted by molar-refractivity contribution is 7.45. The number of methoxy groups -OCH3 is 1. The molecule has 264 valence electrons. The topological polar surface area (TPSA) is 113 Å². The van der Waals surface area contributed by atoms with Gasteiger partial charge in [0.2, 0.25) is 0 Å². The molecule has 0 saturated carbocycles. The molecule has 0 aliphatic carbocycles. The van der Waals surface area contributed by atoms with Crippen LogP contribution >= 0.6 is 8.53 Å². The number of fused-ring (bicyclic) bond motifs is 2. The van der Waals surface area contributed by atoms with Gasteiger partial charge in [0.1, 0.15) is 26.6 Å². The van der Waals surface area contributed by atoms with Gasteiger partial charge in [0.15, 0.2) is 23.2 Å². The molecule has 3 saturated heterocycles. The minimum Gasteiger partial charge on any atom is -0.374 e. The molecule has 13 heteroatoms. The number of rotatable bonds is 11. The van der Waals surface area contributed by atoms with Crippen molar-refractivity contribution in [2.45, 2.75) is 75.5 Å². The first-order chi connectivity index (χ1) is 25.0. The number of carbonyl (C=O) groups is 1. The SMILES string of the molecule is CC[C@H]1O[C@@H](n2cnc3c(NC(=O)c4ccccc4)ncnc32)C(OC)[C@H]1O[P@]1O[C@@H](C[Si](C)(c2ccccc2)c2ccccc2)[C@H]2CCCN21. The number of aromatic nitrogens is 4. The first-order valence-electron chi connectivity index (χ1n) is 17.7. The first-order valence-corrected chi connectivity index (χ1v) is 21.6. The van der Waals surface area contributed by atoms with Crippen LogP contribution in [0, 0.1) is 0 Å². The molecule has 7 atom stereocenters. The molecule has 5 heterocycles. The van der Waals surface area contributed by atoms with Gasteiger partial charge in [0.05, 0.1) is 18.5 Å². The van der Waals surface area contributed by atoms with Crippen LogP contribution in [0.4, 0.5) is 5.82 Å². The van der Waals surface area contributed by atoms with Crippen molar-refractivity contribution >= 4 is 49.9 Å². The van der Waals surface area contributed by atoms with E-state index in [4.69, 9.17) is 18.5 Å². The molecule has 11 nitrogen and oxygen atoms in total. The van der Waals surface area contributed by atoms with E-state index in [1.54, 1.807) is 25.6 Å². The zero-order valence-corrected chi connectivity index (χ0v) is 30.9. The van der Waals surface area contributed by atoms with Crippen molar-refractivity contribution in [1.29, 1.82) is 0 Å². The Morgan fingerprint density at radius 3 is 2.29 bits per heavy atom. The van der Waals surface area contributed by atoms with E-state index < -0.39 is 28.9 Å². The fraction of sp³-hybridized carbons (Fsp3) is 0.368. The van der Waals surface area contributed by atoms with Crippen LogP contribution in [-0.4, -0.2) is 82.3 Å². The largest absolute Gasteiger partial charge is 0.374 e. The van der Waals surface area contributed by atoms with E-state index in [2.05, 4.69) is 99.1 Å². The number of benzene rings is 3. The second-order valence-electron chi connectivity index (χ2n) is 13.6. The molecule has 1 N–H and O–H groups in total. The molecular weight excluding hydrogens is 680 g/mol. The van der Waals surface area contributed by atoms with Crippen molar-refractivity contribution in [1.82, 2.24) is 24.2 Å². The van der Waals surface area contributed by atoms with Crippen LogP contribution in [0.15, 0.2) is 104 Å². The van der Waals surface area contributed by atoms with E-state index in [1.165, 1.54) is 16.7 Å². The molecule has 1 unspecified atom stereocenters. The van der Waals surface area contributed by atoms with Crippen molar-refractivity contribution in [2.24, 2.45) is 0 Å². The van der Waals surface area contributed by atoms with Gasteiger partial charge in [-0.25, -0.2) is 19.6 Å². The summed E-state index contributed by atoms with van der Waals surface area (Å²) in [5.41, 5.74) is 1.52. The fourth-order valence-electron chi connectivity index (χ4n) is 7.92. The Kier molecular flexibility index (Phi) is 9.82. The number of nitrogens with one attached hydrogen (secondary N) is 1. The maximum Gasteiger partial charge on any atom is 0.259 e. The Labute approximate surface area is 300 Å². The van der Waals surface area contributed by atoms with E-state index >= 15 is 0 Å². The summed E-state index contributed by atoms with van der Waals surface area (Å²) in [4.78, 5) is 26.5. The molecule has 0 spiro atoms. The van der Waals surface area contributed by atoms with Gasteiger partial charge >= 0.3 is 0 Å². The molecule has 3 aromatic carbocycles. The zero-order valence-electron chi connectivity index (χ0n) is 29.0. The summed E-state index contributed by atoms with van der Waals surface area (Å²) in [5, 5.41) is 5.72. The summed E-state index contributed by atoms with van der Waals surface area (Å²) >= 11 is 0. The quantitative estimate of drug-likeness (QED) is 0.134. The van der Waals surface area contributed by atoms with Crippen molar-refractivity contribution in [3.8, 4) is 0 Å². The maximum absolute atomic E-state index is 13.0. The van der Waals surface area contributed by atoms with E-state index in [9.17, 15) is 4.79 Å². The Hall–Kier alpha value is -3.87. The van der Waals surface area contributed by atoms with Gasteiger partial charge in [-0.3, -0.25) is 9.36 Å². The summed E-state index contributed by atoms with van der Waals surface area (Å²) < 4.78 is 31.2. The lowest BCUT2D eigenvalue weighted by molar-refractivity contribution is -0.0493. The number of anilines is 1. The van der Waals surface area contributed by atoms with Crippen molar-refractivity contribution in [3.05, 3.63) is 109 Å². The van der Waals surface area contributed by atoms with Gasteiger partial charge < -0.3 is 23.8 Å². The van der Waals surface area contributed by atoms with Crippen LogP contribution in [0.3, 0.4) is 0 Å². The standard InChI is InChI=1S/C38H43N6O5PSi/c1-4-30-33(34(46-2)38(47-30)43-25-41-32-35(39-24-40-36(32)43)42-37(45)26-15-8-5-9-16-26)49-50-44-22-14-21-29(44)31(48-50)23-51(3,27-17-10-6-11-18-27)28-19-12-7-13-20-28/h5-13,15-20,24-25,29-31,33-34,38H,4,14,21-23H2,1-3H3,(H,39,40,42,45)/t29-,30-,31+,33+,34?,38-,50+/m1/s1. The van der Waals surface area contributed by atoms with Crippen LogP contribution in [0.5, 0.6) is 0 Å². The molecule has 0 radical (unpaired) electrons. The van der Waals surface area contributed by atoms with Crippen LogP contribution in [0.25, 0.3) is 11.2 Å². The summed E-state index contributed by atoms with van der Waals surface area (Å²) in [5.74, 6) is 0.0550. The third kappa shape index (κ3) is 6.44. The molecule has 3 aliphatic heterocycles. The van der Waals surface area contributed by atoms with Gasteiger partial charge in [-0.2, -0.15) is 0 Å². The predicted octanol–water partition coefficient (Wildman–Crippen LogP) is 5.77. The molecule has 2 aromatic heterocycles. The van der Waals surface area contributed by atoms with E-state index in [-0.39, 0.29) is 24.2 Å². The molecule has 51 heavy (non-hydrogen) atoms. The van der Waals surface area contributed by atoms with Crippen molar-refractivity contribution in [3.63, 3.8) is 0 Å². The second kappa shape index (κ2) is 14.6. The Morgan fingerprint density at radius 1 is 0.941 bits per heavy atom. The number of amides is 1. The predicted molar refractivity (Wildman–Crippen MR) is 200 cm³/mol. The third-order valence-electron chi connectivity index (χ3n) is 10.6. The van der Waals surface area contributed by atoms with Crippen molar-refractivity contribution < 1.29 is 23.3 Å². The summed E-state index contributed by atoms with van der Waals surface area (Å²) in [6.45, 7) is 5.53. The average molecular weight is 723 g/mol. The van der Waals surface area contributed by atoms with Crippen LogP contribution in [0.1, 0.15) is 42.8 Å². The second-order valence-corrected chi connectivity index (χ2v) is 19.3. The smallest absolute Gasteiger partial charge is 0.259 e. The van der Waals surface area contributed by atoms with Crippen LogP contribution in [-0.2, 0) is 18.5 Å². The number of imidazole rings is 1. The van der Waals surface area contributed by atoms with Gasteiger partial charge in [-0.05, 0) is 37.4 Å². The third-order valence-corrected chi connectivity index (χ3v) is 16.9. The number of hydrogen-bond acceptors (Lipinski definition) is 9. The Morgan fingerprint density at radius 2 is 1.63 bits per heavy atom. The van der Waals surface area contributed by atoms with Crippen LogP contribution in [0.2, 0.25) is 12.6 Å². The van der Waals surface area contributed by atoms with E-state index in [1.807, 2.05) is 22.8 Å². The van der Waals surface area contributed by atoms with Crippen molar-refractivity contribution in [2.75, 3.05) is 19.0 Å². The summed E-state index contributed by atoms with van der Waals surface area (Å²) in [6, 6.07) is 32.3. The maximum atomic E-state index is 13.0. The number of nitrogens with zero attached hydrogens (tertiary/aromatic N) is 5. The number of hydrogen-bond donors (Lipinski definition) is 1. The summed E-state index contributed by atoms with van der Waals surface area (Å²) in [7, 11) is -1.80. The molecule has 3 fully saturated rings. The minimum atomic E-state index is -2.14. The molecule has 1 amide bonds. The minimum absolute atomic E-state index is 0.0636. The first kappa shape index (κ1) is 34.2. The van der Waals surface area contributed by atoms with Gasteiger partial charge in [-0.15, -0.1) is 0 Å². The number of ether oxygens (including phenoxy) is 2. The zero-order chi connectivity index (χ0) is 35.0. The normalized spacial score (nSPS) is 26.5. The highest BCUT2D eigenvalue weighted by Gasteiger charge is 2.54. The molecule has 0 bridgehead atoms. The lowest BCUT2D eigenvalue weighted by Crippen LogP contribution is -2.58. The monoisotopic (exact) mass is 722 g/mol. The molecule has 5 aromatic rings. The number of carbonyl (C=O) groups excluding carboxylic acids is 1. The molecule has 8 rings (SSSR count). The Bertz CT molecular complexity index is 1920. The molecule has 3 aliphatic rings. The lowest BCUT2D eigenvalue weighted by atomic mass is 10.1.